The van der Waals surface area contributed by atoms with Gasteiger partial charge >= 0.3 is 0 Å². The Bertz CT molecular complexity index is 3730. The van der Waals surface area contributed by atoms with Crippen LogP contribution >= 0.6 is 0 Å². The van der Waals surface area contributed by atoms with Gasteiger partial charge in [-0.25, -0.2) is 0 Å². The molecule has 1 heteroatoms. The molecule has 2 aliphatic carbocycles. The minimum absolute atomic E-state index is 0.0686. The van der Waals surface area contributed by atoms with Crippen LogP contribution in [0.15, 0.2) is 261 Å². The zero-order chi connectivity index (χ0) is 46.1. The molecule has 0 N–H and O–H groups in total. The second kappa shape index (κ2) is 16.1. The predicted molar refractivity (Wildman–Crippen MR) is 290 cm³/mol. The molecule has 2 aliphatic rings. The Hall–Kier alpha value is -8.52. The Morgan fingerprint density at radius 2 is 0.797 bits per heavy atom. The van der Waals surface area contributed by atoms with E-state index in [1.54, 1.807) is 0 Å². The normalized spacial score (nSPS) is 15.0. The summed E-state index contributed by atoms with van der Waals surface area (Å²) >= 11 is 0. The first-order chi connectivity index (χ1) is 34.0. The topological polar surface area (TPSA) is 3.24 Å². The van der Waals surface area contributed by atoms with Gasteiger partial charge in [0.2, 0.25) is 0 Å². The van der Waals surface area contributed by atoms with Crippen molar-refractivity contribution < 1.29 is 0 Å². The van der Waals surface area contributed by atoms with E-state index in [1.807, 2.05) is 0 Å². The lowest BCUT2D eigenvalue weighted by atomic mass is 9.67. The summed E-state index contributed by atoms with van der Waals surface area (Å²) in [6, 6.07) is 96.9. The summed E-state index contributed by atoms with van der Waals surface area (Å²) in [6.07, 6.45) is 0. The van der Waals surface area contributed by atoms with E-state index in [-0.39, 0.29) is 5.41 Å². The summed E-state index contributed by atoms with van der Waals surface area (Å²) in [7, 11) is 0. The lowest BCUT2D eigenvalue weighted by Gasteiger charge is -2.35. The van der Waals surface area contributed by atoms with Crippen molar-refractivity contribution in [2.45, 2.75) is 24.7 Å². The molecule has 0 radical (unpaired) electrons. The number of nitrogens with zero attached hydrogens (tertiary/aromatic N) is 1. The average Bonchev–Trinajstić information content (AvgIpc) is 3.84. The molecular formula is C68H49N. The van der Waals surface area contributed by atoms with Gasteiger partial charge in [-0.2, -0.15) is 0 Å². The molecule has 11 aromatic rings. The number of hydrogen-bond acceptors (Lipinski definition) is 1. The van der Waals surface area contributed by atoms with Crippen molar-refractivity contribution in [1.29, 1.82) is 0 Å². The van der Waals surface area contributed by atoms with Crippen LogP contribution in [0, 0.1) is 0 Å². The van der Waals surface area contributed by atoms with Gasteiger partial charge in [0.05, 0.1) is 11.1 Å². The molecule has 1 nitrogen and oxygen atoms in total. The van der Waals surface area contributed by atoms with E-state index in [1.165, 1.54) is 99.8 Å². The van der Waals surface area contributed by atoms with Crippen molar-refractivity contribution in [2.75, 3.05) is 4.90 Å². The summed E-state index contributed by atoms with van der Waals surface area (Å²) in [6.45, 7) is 4.71. The fraction of sp³-hybridized carbons (Fsp3) is 0.0588. The smallest absolute Gasteiger partial charge is 0.0714 e. The largest absolute Gasteiger partial charge is 0.310 e. The molecule has 0 amide bonds. The molecule has 1 unspecified atom stereocenters. The minimum atomic E-state index is -0.587. The molecule has 0 bridgehead atoms. The summed E-state index contributed by atoms with van der Waals surface area (Å²) in [4.78, 5) is 2.47. The number of benzene rings is 11. The standard InChI is InChI=1S/C68H49N/c1-67(2)62-29-14-11-26-58(62)60-42-36-50(44-64(60)67)46-34-39-53(40-35-46)69(66-31-16-13-25-57(66)48-18-5-3-6-19-48)54-41-43-61-59-27-12-15-30-63(59)68(65(61)45-54,51-22-7-4-8-23-51)52-37-32-49(33-38-52)56-28-17-21-47-20-9-10-24-55(47)56/h3-45H,1-2H3. The number of hydrogen-bond donors (Lipinski definition) is 0. The molecule has 13 rings (SSSR count). The summed E-state index contributed by atoms with van der Waals surface area (Å²) in [5.41, 5.74) is 22.9. The van der Waals surface area contributed by atoms with Gasteiger partial charge in [0.1, 0.15) is 0 Å². The van der Waals surface area contributed by atoms with Crippen molar-refractivity contribution in [2.24, 2.45) is 0 Å². The number of para-hydroxylation sites is 1. The SMILES string of the molecule is CC1(C)c2ccccc2-c2ccc(-c3ccc(N(c4ccc5c(c4)C(c4ccccc4)(c4ccc(-c6cccc7ccccc67)cc4)c4ccccc4-5)c4ccccc4-c4ccccc4)cc3)cc21. The van der Waals surface area contributed by atoms with Crippen LogP contribution < -0.4 is 4.90 Å². The molecule has 0 saturated carbocycles. The first kappa shape index (κ1) is 40.7. The van der Waals surface area contributed by atoms with Gasteiger partial charge in [0.25, 0.3) is 0 Å². The first-order valence-electron chi connectivity index (χ1n) is 24.2. The van der Waals surface area contributed by atoms with Crippen molar-refractivity contribution in [1.82, 2.24) is 0 Å². The predicted octanol–water partition coefficient (Wildman–Crippen LogP) is 18.0. The summed E-state index contributed by atoms with van der Waals surface area (Å²) in [5, 5.41) is 2.51. The zero-order valence-electron chi connectivity index (χ0n) is 38.8. The Morgan fingerprint density at radius 1 is 0.290 bits per heavy atom. The van der Waals surface area contributed by atoms with Crippen LogP contribution in [-0.4, -0.2) is 0 Å². The third-order valence-corrected chi connectivity index (χ3v) is 15.2. The van der Waals surface area contributed by atoms with Crippen LogP contribution in [0.4, 0.5) is 17.1 Å². The number of rotatable bonds is 8. The number of fused-ring (bicyclic) bond motifs is 7. The first-order valence-corrected chi connectivity index (χ1v) is 24.2. The molecule has 0 heterocycles. The van der Waals surface area contributed by atoms with E-state index in [0.29, 0.717) is 0 Å². The fourth-order valence-electron chi connectivity index (χ4n) is 11.9. The van der Waals surface area contributed by atoms with Gasteiger partial charge < -0.3 is 4.90 Å². The molecule has 0 fully saturated rings. The molecule has 0 saturated heterocycles. The van der Waals surface area contributed by atoms with E-state index in [4.69, 9.17) is 0 Å². The van der Waals surface area contributed by atoms with Crippen LogP contribution in [0.2, 0.25) is 0 Å². The van der Waals surface area contributed by atoms with E-state index in [0.717, 1.165) is 17.1 Å². The maximum absolute atomic E-state index is 2.48. The highest BCUT2D eigenvalue weighted by Crippen LogP contribution is 2.58. The van der Waals surface area contributed by atoms with Crippen LogP contribution in [0.3, 0.4) is 0 Å². The van der Waals surface area contributed by atoms with Gasteiger partial charge in [0, 0.05) is 22.4 Å². The van der Waals surface area contributed by atoms with Crippen LogP contribution in [0.25, 0.3) is 66.4 Å². The van der Waals surface area contributed by atoms with Gasteiger partial charge in [0.15, 0.2) is 0 Å². The molecule has 0 aromatic heterocycles. The lowest BCUT2D eigenvalue weighted by Crippen LogP contribution is -2.28. The number of anilines is 3. The molecule has 326 valence electrons. The summed E-state index contributed by atoms with van der Waals surface area (Å²) < 4.78 is 0. The van der Waals surface area contributed by atoms with Gasteiger partial charge in [-0.05, 0) is 131 Å². The van der Waals surface area contributed by atoms with Crippen molar-refractivity contribution >= 4 is 27.8 Å². The Morgan fingerprint density at radius 3 is 1.58 bits per heavy atom. The fourth-order valence-corrected chi connectivity index (χ4v) is 11.9. The third-order valence-electron chi connectivity index (χ3n) is 15.2. The lowest BCUT2D eigenvalue weighted by molar-refractivity contribution is 0.660. The van der Waals surface area contributed by atoms with E-state index in [9.17, 15) is 0 Å². The highest BCUT2D eigenvalue weighted by atomic mass is 15.1. The van der Waals surface area contributed by atoms with Crippen LogP contribution in [-0.2, 0) is 10.8 Å². The third kappa shape index (κ3) is 6.38. The second-order valence-electron chi connectivity index (χ2n) is 19.2. The van der Waals surface area contributed by atoms with Crippen molar-refractivity contribution in [3.63, 3.8) is 0 Å². The zero-order valence-corrected chi connectivity index (χ0v) is 38.8. The molecular weight excluding hydrogens is 831 g/mol. The Labute approximate surface area is 405 Å². The van der Waals surface area contributed by atoms with Gasteiger partial charge in [-0.3, -0.25) is 0 Å². The highest BCUT2D eigenvalue weighted by molar-refractivity contribution is 5.97. The average molecular weight is 880 g/mol. The van der Waals surface area contributed by atoms with Crippen LogP contribution in [0.5, 0.6) is 0 Å². The second-order valence-corrected chi connectivity index (χ2v) is 19.2. The summed E-state index contributed by atoms with van der Waals surface area (Å²) in [5.74, 6) is 0. The van der Waals surface area contributed by atoms with E-state index < -0.39 is 5.41 Å². The molecule has 69 heavy (non-hydrogen) atoms. The Balaban J connectivity index is 0.991. The maximum Gasteiger partial charge on any atom is 0.0714 e. The minimum Gasteiger partial charge on any atom is -0.310 e. The molecule has 0 spiro atoms. The highest BCUT2D eigenvalue weighted by Gasteiger charge is 2.46. The molecule has 0 aliphatic heterocycles. The maximum atomic E-state index is 2.48. The Kier molecular flexibility index (Phi) is 9.49. The van der Waals surface area contributed by atoms with E-state index in [2.05, 4.69) is 280 Å². The van der Waals surface area contributed by atoms with Crippen molar-refractivity contribution in [3.8, 4) is 55.6 Å². The monoisotopic (exact) mass is 879 g/mol. The van der Waals surface area contributed by atoms with Crippen molar-refractivity contribution in [3.05, 3.63) is 294 Å². The molecule has 1 atom stereocenters. The quantitative estimate of drug-likeness (QED) is 0.147. The van der Waals surface area contributed by atoms with E-state index >= 15 is 0 Å². The van der Waals surface area contributed by atoms with Gasteiger partial charge in [-0.1, -0.05) is 238 Å². The molecule has 11 aromatic carbocycles. The van der Waals surface area contributed by atoms with Gasteiger partial charge in [-0.15, -0.1) is 0 Å². The van der Waals surface area contributed by atoms with Crippen LogP contribution in [0.1, 0.15) is 47.2 Å².